The van der Waals surface area contributed by atoms with Crippen LogP contribution in [0.15, 0.2) is 30.7 Å². The number of carbonyl (C=O) groups excluding carboxylic acids is 4. The Kier molecular flexibility index (Phi) is 8.68. The van der Waals surface area contributed by atoms with E-state index in [-0.39, 0.29) is 75.4 Å². The maximum absolute atomic E-state index is 15.1. The fourth-order valence-corrected chi connectivity index (χ4v) is 4.18. The molecule has 0 bridgehead atoms. The molecular weight excluding hydrogens is 520 g/mol. The van der Waals surface area contributed by atoms with Gasteiger partial charge in [0.05, 0.1) is 38.1 Å². The topological polar surface area (TPSA) is 146 Å². The van der Waals surface area contributed by atoms with Gasteiger partial charge in [0, 0.05) is 50.7 Å². The number of cyclic esters (lactones) is 1. The summed E-state index contributed by atoms with van der Waals surface area (Å²) >= 11 is 0. The van der Waals surface area contributed by atoms with E-state index in [4.69, 9.17) is 9.47 Å². The van der Waals surface area contributed by atoms with Crippen LogP contribution in [-0.2, 0) is 14.3 Å². The number of ether oxygens (including phenoxy) is 2. The molecular formula is C24H27F2N7O6. The quantitative estimate of drug-likeness (QED) is 0.492. The molecule has 0 aliphatic carbocycles. The summed E-state index contributed by atoms with van der Waals surface area (Å²) in [7, 11) is 0. The zero-order valence-corrected chi connectivity index (χ0v) is 21.1. The molecule has 1 unspecified atom stereocenters. The van der Waals surface area contributed by atoms with Crippen molar-refractivity contribution in [3.8, 4) is 0 Å². The summed E-state index contributed by atoms with van der Waals surface area (Å²) in [4.78, 5) is 60.0. The van der Waals surface area contributed by atoms with Gasteiger partial charge in [-0.25, -0.2) is 23.4 Å². The Morgan fingerprint density at radius 2 is 1.82 bits per heavy atom. The number of halogens is 2. The summed E-state index contributed by atoms with van der Waals surface area (Å²) in [5.41, 5.74) is -0.212. The molecule has 13 nitrogen and oxygen atoms in total. The number of nitrogens with zero attached hydrogens (tertiary/aromatic N) is 5. The van der Waals surface area contributed by atoms with Gasteiger partial charge in [0.25, 0.3) is 5.91 Å². The summed E-state index contributed by atoms with van der Waals surface area (Å²) < 4.78 is 40.0. The number of aromatic nitrogens is 2. The first-order valence-corrected chi connectivity index (χ1v) is 12.2. The minimum atomic E-state index is -0.873. The predicted molar refractivity (Wildman–Crippen MR) is 132 cm³/mol. The Bertz CT molecular complexity index is 1200. The maximum atomic E-state index is 15.1. The smallest absolute Gasteiger partial charge is 0.414 e. The second kappa shape index (κ2) is 12.3. The summed E-state index contributed by atoms with van der Waals surface area (Å²) in [5.74, 6) is -2.63. The Morgan fingerprint density at radius 3 is 2.46 bits per heavy atom. The van der Waals surface area contributed by atoms with Crippen LogP contribution in [0.4, 0.5) is 29.7 Å². The van der Waals surface area contributed by atoms with E-state index in [1.165, 1.54) is 28.4 Å². The van der Waals surface area contributed by atoms with Crippen molar-refractivity contribution in [2.45, 2.75) is 13.0 Å². The molecule has 15 heteroatoms. The van der Waals surface area contributed by atoms with Crippen LogP contribution in [-0.4, -0.2) is 97.4 Å². The molecule has 39 heavy (non-hydrogen) atoms. The standard InChI is InChI=1S/C24H27F2N7O6/c1-2-38-23(36)30-11-16-14-33(24(37)39-16)15-9-17(25)21(18(26)10-15)32-7-5-31(6-8-32)20(34)13-29-22(35)19-12-27-3-4-28-19/h3-4,9-10,12,16H,2,5-8,11,13-14H2,1H3,(H,29,35)(H,30,36). The molecule has 2 fully saturated rings. The highest BCUT2D eigenvalue weighted by Crippen LogP contribution is 2.31. The van der Waals surface area contributed by atoms with Crippen LogP contribution in [0.5, 0.6) is 0 Å². The minimum absolute atomic E-state index is 0.0162. The Hall–Kier alpha value is -4.56. The number of anilines is 2. The van der Waals surface area contributed by atoms with Gasteiger partial charge < -0.3 is 29.9 Å². The largest absolute Gasteiger partial charge is 0.450 e. The van der Waals surface area contributed by atoms with Crippen LogP contribution < -0.4 is 20.4 Å². The van der Waals surface area contributed by atoms with Crippen molar-refractivity contribution in [2.75, 3.05) is 62.2 Å². The summed E-state index contributed by atoms with van der Waals surface area (Å²) in [6.45, 7) is 2.23. The minimum Gasteiger partial charge on any atom is -0.450 e. The van der Waals surface area contributed by atoms with Crippen molar-refractivity contribution in [2.24, 2.45) is 0 Å². The van der Waals surface area contributed by atoms with Crippen molar-refractivity contribution in [1.29, 1.82) is 0 Å². The molecule has 1 atom stereocenters. The van der Waals surface area contributed by atoms with E-state index in [1.807, 2.05) is 0 Å². The lowest BCUT2D eigenvalue weighted by Gasteiger charge is -2.36. The lowest BCUT2D eigenvalue weighted by atomic mass is 10.2. The third-order valence-electron chi connectivity index (χ3n) is 6.08. The summed E-state index contributed by atoms with van der Waals surface area (Å²) in [6, 6.07) is 2.08. The van der Waals surface area contributed by atoms with Gasteiger partial charge in [-0.05, 0) is 6.92 Å². The van der Waals surface area contributed by atoms with Crippen LogP contribution >= 0.6 is 0 Å². The van der Waals surface area contributed by atoms with Crippen molar-refractivity contribution in [1.82, 2.24) is 25.5 Å². The van der Waals surface area contributed by atoms with Gasteiger partial charge in [-0.15, -0.1) is 0 Å². The Labute approximate surface area is 222 Å². The summed E-state index contributed by atoms with van der Waals surface area (Å²) in [5, 5.41) is 4.93. The number of benzene rings is 1. The molecule has 4 rings (SSSR count). The molecule has 2 N–H and O–H groups in total. The van der Waals surface area contributed by atoms with Gasteiger partial charge in [-0.3, -0.25) is 19.5 Å². The Morgan fingerprint density at radius 1 is 1.10 bits per heavy atom. The van der Waals surface area contributed by atoms with E-state index < -0.39 is 35.8 Å². The molecule has 2 aliphatic rings. The number of rotatable bonds is 8. The van der Waals surface area contributed by atoms with Crippen LogP contribution in [0, 0.1) is 11.6 Å². The van der Waals surface area contributed by atoms with Crippen LogP contribution in [0.1, 0.15) is 17.4 Å². The average Bonchev–Trinajstić information content (AvgIpc) is 3.31. The van der Waals surface area contributed by atoms with E-state index in [2.05, 4.69) is 20.6 Å². The molecule has 0 spiro atoms. The number of carbonyl (C=O) groups is 4. The van der Waals surface area contributed by atoms with Crippen LogP contribution in [0.2, 0.25) is 0 Å². The van der Waals surface area contributed by atoms with E-state index in [9.17, 15) is 19.2 Å². The van der Waals surface area contributed by atoms with E-state index in [0.29, 0.717) is 0 Å². The SMILES string of the molecule is CCOC(=O)NCC1CN(c2cc(F)c(N3CCN(C(=O)CNC(=O)c4cnccn4)CC3)c(F)c2)C(=O)O1. The molecule has 1 aromatic heterocycles. The first-order chi connectivity index (χ1) is 18.8. The third kappa shape index (κ3) is 6.66. The first kappa shape index (κ1) is 27.5. The monoisotopic (exact) mass is 547 g/mol. The van der Waals surface area contributed by atoms with Crippen molar-refractivity contribution in [3.05, 3.63) is 48.1 Å². The molecule has 0 saturated carbocycles. The fourth-order valence-electron chi connectivity index (χ4n) is 4.18. The number of amides is 4. The highest BCUT2D eigenvalue weighted by molar-refractivity contribution is 5.94. The number of piperazine rings is 1. The molecule has 2 saturated heterocycles. The number of hydrogen-bond donors (Lipinski definition) is 2. The molecule has 3 heterocycles. The predicted octanol–water partition coefficient (Wildman–Crippen LogP) is 0.905. The maximum Gasteiger partial charge on any atom is 0.414 e. The van der Waals surface area contributed by atoms with Gasteiger partial charge in [-0.2, -0.15) is 0 Å². The highest BCUT2D eigenvalue weighted by Gasteiger charge is 2.34. The van der Waals surface area contributed by atoms with Gasteiger partial charge in [0.1, 0.15) is 17.5 Å². The van der Waals surface area contributed by atoms with Crippen LogP contribution in [0.25, 0.3) is 0 Å². The Balaban J connectivity index is 1.31. The van der Waals surface area contributed by atoms with E-state index in [0.717, 1.165) is 17.0 Å². The molecule has 0 radical (unpaired) electrons. The lowest BCUT2D eigenvalue weighted by Crippen LogP contribution is -2.51. The van der Waals surface area contributed by atoms with Crippen LogP contribution in [0.3, 0.4) is 0 Å². The number of alkyl carbamates (subject to hydrolysis) is 1. The molecule has 208 valence electrons. The lowest BCUT2D eigenvalue weighted by molar-refractivity contribution is -0.130. The second-order valence-electron chi connectivity index (χ2n) is 8.62. The molecule has 4 amide bonds. The zero-order chi connectivity index (χ0) is 27.9. The average molecular weight is 548 g/mol. The summed E-state index contributed by atoms with van der Waals surface area (Å²) in [6.07, 6.45) is 1.88. The number of hydrogen-bond acceptors (Lipinski definition) is 9. The third-order valence-corrected chi connectivity index (χ3v) is 6.08. The first-order valence-electron chi connectivity index (χ1n) is 12.2. The normalized spacial score (nSPS) is 17.1. The van der Waals surface area contributed by atoms with Gasteiger partial charge in [-0.1, -0.05) is 0 Å². The van der Waals surface area contributed by atoms with E-state index in [1.54, 1.807) is 6.92 Å². The molecule has 1 aromatic carbocycles. The van der Waals surface area contributed by atoms with Gasteiger partial charge >= 0.3 is 12.2 Å². The number of nitrogens with one attached hydrogen (secondary N) is 2. The van der Waals surface area contributed by atoms with Crippen molar-refractivity contribution >= 4 is 35.4 Å². The van der Waals surface area contributed by atoms with Crippen molar-refractivity contribution < 1.29 is 37.4 Å². The van der Waals surface area contributed by atoms with Crippen molar-refractivity contribution in [3.63, 3.8) is 0 Å². The van der Waals surface area contributed by atoms with E-state index >= 15 is 8.78 Å². The zero-order valence-electron chi connectivity index (χ0n) is 21.1. The van der Waals surface area contributed by atoms with Gasteiger partial charge in [0.15, 0.2) is 11.6 Å². The molecule has 2 aliphatic heterocycles. The second-order valence-corrected chi connectivity index (χ2v) is 8.62. The molecule has 2 aromatic rings. The highest BCUT2D eigenvalue weighted by atomic mass is 19.1. The fraction of sp³-hybridized carbons (Fsp3) is 0.417. The van der Waals surface area contributed by atoms with Gasteiger partial charge in [0.2, 0.25) is 5.91 Å².